The van der Waals surface area contributed by atoms with Crippen LogP contribution in [0, 0.1) is 0 Å². The molecule has 0 radical (unpaired) electrons. The molecule has 1 aliphatic carbocycles. The molecule has 2 aromatic rings. The molecular weight excluding hydrogens is 256 g/mol. The Hall–Kier alpha value is -1.46. The number of hydrogen-bond acceptors (Lipinski definition) is 5. The molecule has 0 saturated heterocycles. The third-order valence-electron chi connectivity index (χ3n) is 3.26. The van der Waals surface area contributed by atoms with Gasteiger partial charge in [0, 0.05) is 19.1 Å². The molecule has 1 fully saturated rings. The Morgan fingerprint density at radius 3 is 2.84 bits per heavy atom. The number of nitrogens with one attached hydrogen (secondary N) is 1. The lowest BCUT2D eigenvalue weighted by molar-refractivity contribution is 0.755. The molecule has 0 bridgehead atoms. The molecule has 1 saturated carbocycles. The first kappa shape index (κ1) is 12.6. The average molecular weight is 274 g/mol. The van der Waals surface area contributed by atoms with Gasteiger partial charge in [-0.1, -0.05) is 0 Å². The molecule has 0 unspecified atom stereocenters. The van der Waals surface area contributed by atoms with E-state index in [1.807, 2.05) is 19.4 Å². The van der Waals surface area contributed by atoms with Crippen molar-refractivity contribution in [2.45, 2.75) is 32.0 Å². The molecule has 0 amide bonds. The highest BCUT2D eigenvalue weighted by atomic mass is 32.1. The van der Waals surface area contributed by atoms with Crippen molar-refractivity contribution in [1.29, 1.82) is 0 Å². The van der Waals surface area contributed by atoms with Crippen molar-refractivity contribution in [3.63, 3.8) is 0 Å². The van der Waals surface area contributed by atoms with Gasteiger partial charge in [0.1, 0.15) is 5.82 Å². The fourth-order valence-electron chi connectivity index (χ4n) is 2.13. The van der Waals surface area contributed by atoms with E-state index in [1.54, 1.807) is 11.3 Å². The molecular formula is C14H18N4S. The van der Waals surface area contributed by atoms with Crippen molar-refractivity contribution in [3.8, 4) is 0 Å². The number of aromatic nitrogens is 2. The predicted octanol–water partition coefficient (Wildman–Crippen LogP) is 2.43. The van der Waals surface area contributed by atoms with Crippen LogP contribution in [0.2, 0.25) is 0 Å². The molecule has 0 atom stereocenters. The van der Waals surface area contributed by atoms with Crippen LogP contribution in [0.1, 0.15) is 24.1 Å². The van der Waals surface area contributed by atoms with Crippen LogP contribution < -0.4 is 10.2 Å². The third-order valence-corrected chi connectivity index (χ3v) is 4.00. The minimum atomic E-state index is 0.643. The Balaban J connectivity index is 1.76. The first-order chi connectivity index (χ1) is 9.36. The van der Waals surface area contributed by atoms with E-state index in [2.05, 4.69) is 37.0 Å². The maximum atomic E-state index is 4.57. The summed E-state index contributed by atoms with van der Waals surface area (Å²) in [5.74, 6) is 0.994. The van der Waals surface area contributed by atoms with Crippen molar-refractivity contribution < 1.29 is 0 Å². The Morgan fingerprint density at radius 1 is 1.37 bits per heavy atom. The monoisotopic (exact) mass is 274 g/mol. The molecule has 19 heavy (non-hydrogen) atoms. The van der Waals surface area contributed by atoms with Gasteiger partial charge in [0.05, 0.1) is 18.1 Å². The van der Waals surface area contributed by atoms with Gasteiger partial charge in [0.25, 0.3) is 0 Å². The van der Waals surface area contributed by atoms with Crippen LogP contribution in [0.5, 0.6) is 0 Å². The largest absolute Gasteiger partial charge is 0.348 e. The van der Waals surface area contributed by atoms with Gasteiger partial charge in [-0.15, -0.1) is 0 Å². The molecule has 5 heteroatoms. The SMILES string of the molecule is CNCc1cnc(N(Cc2ccsc2)C2CC2)cn1. The molecule has 2 aromatic heterocycles. The Labute approximate surface area is 117 Å². The standard InChI is InChI=1S/C14H18N4S/c1-15-6-12-7-17-14(8-16-12)18(13-2-3-13)9-11-4-5-19-10-11/h4-5,7-8,10,13,15H,2-3,6,9H2,1H3. The minimum absolute atomic E-state index is 0.643. The molecule has 3 rings (SSSR count). The summed E-state index contributed by atoms with van der Waals surface area (Å²) in [5.41, 5.74) is 2.34. The predicted molar refractivity (Wildman–Crippen MR) is 78.3 cm³/mol. The topological polar surface area (TPSA) is 41.1 Å². The quantitative estimate of drug-likeness (QED) is 0.878. The second-order valence-corrected chi connectivity index (χ2v) is 5.67. The van der Waals surface area contributed by atoms with Crippen LogP contribution in [-0.4, -0.2) is 23.1 Å². The number of thiophene rings is 1. The van der Waals surface area contributed by atoms with E-state index >= 15 is 0 Å². The Kier molecular flexibility index (Phi) is 3.75. The van der Waals surface area contributed by atoms with E-state index in [0.29, 0.717) is 6.04 Å². The van der Waals surface area contributed by atoms with Crippen LogP contribution in [-0.2, 0) is 13.1 Å². The van der Waals surface area contributed by atoms with Gasteiger partial charge < -0.3 is 10.2 Å². The lowest BCUT2D eigenvalue weighted by atomic mass is 10.3. The van der Waals surface area contributed by atoms with Crippen LogP contribution >= 0.6 is 11.3 Å². The van der Waals surface area contributed by atoms with Crippen molar-refractivity contribution in [2.24, 2.45) is 0 Å². The summed E-state index contributed by atoms with van der Waals surface area (Å²) in [5, 5.41) is 7.42. The molecule has 0 spiro atoms. The highest BCUT2D eigenvalue weighted by Gasteiger charge is 2.30. The van der Waals surface area contributed by atoms with Gasteiger partial charge in [0.15, 0.2) is 0 Å². The summed E-state index contributed by atoms with van der Waals surface area (Å²) in [6.45, 7) is 1.70. The number of hydrogen-bond donors (Lipinski definition) is 1. The molecule has 0 aliphatic heterocycles. The van der Waals surface area contributed by atoms with Crippen molar-refractivity contribution in [3.05, 3.63) is 40.5 Å². The molecule has 2 heterocycles. The van der Waals surface area contributed by atoms with Gasteiger partial charge in [-0.05, 0) is 42.3 Å². The fraction of sp³-hybridized carbons (Fsp3) is 0.429. The van der Waals surface area contributed by atoms with Crippen molar-refractivity contribution in [2.75, 3.05) is 11.9 Å². The van der Waals surface area contributed by atoms with Gasteiger partial charge in [-0.3, -0.25) is 4.98 Å². The zero-order valence-electron chi connectivity index (χ0n) is 11.0. The van der Waals surface area contributed by atoms with E-state index in [0.717, 1.165) is 24.6 Å². The van der Waals surface area contributed by atoms with Gasteiger partial charge in [0.2, 0.25) is 0 Å². The Bertz CT molecular complexity index is 505. The van der Waals surface area contributed by atoms with E-state index in [9.17, 15) is 0 Å². The lowest BCUT2D eigenvalue weighted by Crippen LogP contribution is -2.26. The first-order valence-corrected chi connectivity index (χ1v) is 7.54. The normalized spacial score (nSPS) is 14.6. The number of rotatable bonds is 6. The van der Waals surface area contributed by atoms with Crippen LogP contribution in [0.15, 0.2) is 29.2 Å². The summed E-state index contributed by atoms with van der Waals surface area (Å²) >= 11 is 1.75. The third kappa shape index (κ3) is 3.11. The van der Waals surface area contributed by atoms with E-state index < -0.39 is 0 Å². The Morgan fingerprint density at radius 2 is 2.26 bits per heavy atom. The molecule has 4 nitrogen and oxygen atoms in total. The highest BCUT2D eigenvalue weighted by molar-refractivity contribution is 7.07. The van der Waals surface area contributed by atoms with E-state index in [-0.39, 0.29) is 0 Å². The summed E-state index contributed by atoms with van der Waals surface area (Å²) in [6, 6.07) is 2.83. The van der Waals surface area contributed by atoms with Crippen LogP contribution in [0.25, 0.3) is 0 Å². The van der Waals surface area contributed by atoms with Crippen LogP contribution in [0.3, 0.4) is 0 Å². The number of nitrogens with zero attached hydrogens (tertiary/aromatic N) is 3. The van der Waals surface area contributed by atoms with Gasteiger partial charge >= 0.3 is 0 Å². The molecule has 1 N–H and O–H groups in total. The van der Waals surface area contributed by atoms with Crippen molar-refractivity contribution >= 4 is 17.2 Å². The zero-order chi connectivity index (χ0) is 13.1. The highest BCUT2D eigenvalue weighted by Crippen LogP contribution is 2.32. The first-order valence-electron chi connectivity index (χ1n) is 6.60. The fourth-order valence-corrected chi connectivity index (χ4v) is 2.79. The number of anilines is 1. The lowest BCUT2D eigenvalue weighted by Gasteiger charge is -2.22. The maximum absolute atomic E-state index is 4.57. The van der Waals surface area contributed by atoms with E-state index in [1.165, 1.54) is 18.4 Å². The molecule has 100 valence electrons. The smallest absolute Gasteiger partial charge is 0.147 e. The van der Waals surface area contributed by atoms with Gasteiger partial charge in [-0.25, -0.2) is 4.98 Å². The maximum Gasteiger partial charge on any atom is 0.147 e. The zero-order valence-corrected chi connectivity index (χ0v) is 11.9. The summed E-state index contributed by atoms with van der Waals surface area (Å²) < 4.78 is 0. The second-order valence-electron chi connectivity index (χ2n) is 4.89. The van der Waals surface area contributed by atoms with E-state index in [4.69, 9.17) is 0 Å². The average Bonchev–Trinajstić information content (AvgIpc) is 3.15. The van der Waals surface area contributed by atoms with Crippen LogP contribution in [0.4, 0.5) is 5.82 Å². The minimum Gasteiger partial charge on any atom is -0.348 e. The summed E-state index contributed by atoms with van der Waals surface area (Å²) in [7, 11) is 1.92. The summed E-state index contributed by atoms with van der Waals surface area (Å²) in [6.07, 6.45) is 6.31. The van der Waals surface area contributed by atoms with Gasteiger partial charge in [-0.2, -0.15) is 11.3 Å². The molecule has 1 aliphatic rings. The summed E-state index contributed by atoms with van der Waals surface area (Å²) in [4.78, 5) is 11.4. The van der Waals surface area contributed by atoms with Crippen molar-refractivity contribution in [1.82, 2.24) is 15.3 Å². The second kappa shape index (κ2) is 5.67. The molecule has 0 aromatic carbocycles.